The van der Waals surface area contributed by atoms with E-state index in [2.05, 4.69) is 58.8 Å². The molecular weight excluding hydrogens is 649 g/mol. The van der Waals surface area contributed by atoms with E-state index in [0.717, 1.165) is 37.7 Å². The van der Waals surface area contributed by atoms with Crippen LogP contribution in [0, 0.1) is 0 Å². The van der Waals surface area contributed by atoms with Crippen LogP contribution in [0.25, 0.3) is 0 Å². The molecule has 0 aliphatic rings. The van der Waals surface area contributed by atoms with Gasteiger partial charge in [0.05, 0.1) is 14.2 Å². The van der Waals surface area contributed by atoms with Crippen molar-refractivity contribution < 1.29 is 29.3 Å². The average Bonchev–Trinajstić information content (AvgIpc) is 3.09. The van der Waals surface area contributed by atoms with Crippen LogP contribution in [0.3, 0.4) is 0 Å². The predicted molar refractivity (Wildman–Crippen MR) is 202 cm³/mol. The lowest BCUT2D eigenvalue weighted by molar-refractivity contribution is -0.159. The van der Waals surface area contributed by atoms with Gasteiger partial charge in [-0.2, -0.15) is 0 Å². The molecule has 0 aliphatic carbocycles. The Morgan fingerprint density at radius 2 is 0.979 bits per heavy atom. The number of para-hydroxylation sites is 2. The van der Waals surface area contributed by atoms with E-state index in [1.165, 1.54) is 100 Å². The van der Waals surface area contributed by atoms with E-state index in [9.17, 15) is 0 Å². The number of rotatable bonds is 27. The second kappa shape index (κ2) is 29.4. The Hall–Kier alpha value is -2.48. The number of hydrogen-bond donors (Lipinski definition) is 4. The van der Waals surface area contributed by atoms with Gasteiger partial charge < -0.3 is 40.1 Å². The van der Waals surface area contributed by atoms with Crippen LogP contribution in [0.2, 0.25) is 0 Å². The van der Waals surface area contributed by atoms with Crippen molar-refractivity contribution in [2.75, 3.05) is 79.1 Å². The molecule has 48 heavy (non-hydrogen) atoms. The summed E-state index contributed by atoms with van der Waals surface area (Å²) in [4.78, 5) is 23.2. The Morgan fingerprint density at radius 1 is 0.604 bits per heavy atom. The largest absolute Gasteiger partial charge is 0.496 e. The molecule has 0 heterocycles. The molecule has 0 saturated heterocycles. The molecule has 0 radical (unpaired) electrons. The van der Waals surface area contributed by atoms with Crippen LogP contribution < -0.4 is 20.1 Å². The number of carboxylic acids is 2. The first-order chi connectivity index (χ1) is 23.3. The van der Waals surface area contributed by atoms with E-state index in [1.807, 2.05) is 45.9 Å². The maximum atomic E-state index is 9.10. The van der Waals surface area contributed by atoms with Gasteiger partial charge in [0, 0.05) is 48.8 Å². The third-order valence-corrected chi connectivity index (χ3v) is 10.0. The highest BCUT2D eigenvalue weighted by Gasteiger charge is 2.05. The Morgan fingerprint density at radius 3 is 1.35 bits per heavy atom. The molecule has 2 aromatic rings. The topological polar surface area (TPSA) is 124 Å². The number of unbranched alkanes of at least 4 members (excludes halogenated alkanes) is 6. The minimum Gasteiger partial charge on any atom is -0.496 e. The number of methoxy groups -OCH3 is 2. The maximum Gasteiger partial charge on any atom is 0.414 e. The number of nitrogens with one attached hydrogen (secondary N) is 2. The highest BCUT2D eigenvalue weighted by atomic mass is 33.1. The SMILES string of the molecule is COc1ccccc1CNCCCCCCN(C)CCSSCCN(C)CCCCCCNCc1ccccc1OC.O=C(O)C(=O)O. The molecule has 0 bridgehead atoms. The number of ether oxygens (including phenoxy) is 2. The normalized spacial score (nSPS) is 11.0. The fourth-order valence-corrected chi connectivity index (χ4v) is 7.00. The molecule has 10 nitrogen and oxygen atoms in total. The van der Waals surface area contributed by atoms with Crippen LogP contribution in [-0.4, -0.2) is 111 Å². The smallest absolute Gasteiger partial charge is 0.414 e. The molecule has 2 rings (SSSR count). The molecule has 4 N–H and O–H groups in total. The number of carboxylic acid groups (broad SMARTS) is 2. The minimum absolute atomic E-state index is 0.879. The van der Waals surface area contributed by atoms with Crippen molar-refractivity contribution in [3.8, 4) is 11.5 Å². The quantitative estimate of drug-likeness (QED) is 0.0487. The van der Waals surface area contributed by atoms with Gasteiger partial charge in [-0.25, -0.2) is 9.59 Å². The molecule has 0 fully saturated rings. The summed E-state index contributed by atoms with van der Waals surface area (Å²) in [6, 6.07) is 16.5. The van der Waals surface area contributed by atoms with Gasteiger partial charge in [-0.1, -0.05) is 83.7 Å². The highest BCUT2D eigenvalue weighted by Crippen LogP contribution is 2.21. The average molecular weight is 709 g/mol. The number of nitrogens with zero attached hydrogens (tertiary/aromatic N) is 2. The number of hydrogen-bond acceptors (Lipinski definition) is 10. The predicted octanol–water partition coefficient (Wildman–Crippen LogP) is 6.10. The summed E-state index contributed by atoms with van der Waals surface area (Å²) in [5, 5.41) is 21.9. The van der Waals surface area contributed by atoms with Crippen molar-refractivity contribution in [1.29, 1.82) is 0 Å². The Kier molecular flexibility index (Phi) is 26.7. The summed E-state index contributed by atoms with van der Waals surface area (Å²) in [5.74, 6) is 0.719. The standard InChI is InChI=1S/C34H58N4O2S2.C2H2O4/c1-37(23-15-7-5-13-21-35-29-31-17-9-11-19-33(31)39-3)25-27-41-42-28-26-38(2)24-16-8-6-14-22-36-30-32-18-10-12-20-34(32)40-4;3-1(4)2(5)6/h9-12,17-20,35-36H,5-8,13-16,21-30H2,1-4H3;(H,3,4)(H,5,6). The molecule has 0 unspecified atom stereocenters. The van der Waals surface area contributed by atoms with Gasteiger partial charge in [0.2, 0.25) is 0 Å². The zero-order valence-corrected chi connectivity index (χ0v) is 31.2. The lowest BCUT2D eigenvalue weighted by Gasteiger charge is -2.17. The summed E-state index contributed by atoms with van der Waals surface area (Å²) < 4.78 is 10.8. The molecular formula is C36H60N4O6S2. The van der Waals surface area contributed by atoms with Crippen LogP contribution in [0.15, 0.2) is 48.5 Å². The third-order valence-electron chi connectivity index (χ3n) is 7.68. The van der Waals surface area contributed by atoms with Crippen LogP contribution in [-0.2, 0) is 22.7 Å². The lowest BCUT2D eigenvalue weighted by atomic mass is 10.1. The Balaban J connectivity index is 0.00000175. The molecule has 0 amide bonds. The maximum absolute atomic E-state index is 9.10. The van der Waals surface area contributed by atoms with Crippen molar-refractivity contribution in [1.82, 2.24) is 20.4 Å². The van der Waals surface area contributed by atoms with Gasteiger partial charge in [-0.05, 0) is 78.1 Å². The van der Waals surface area contributed by atoms with Crippen LogP contribution in [0.4, 0.5) is 0 Å². The van der Waals surface area contributed by atoms with Gasteiger partial charge in [0.15, 0.2) is 0 Å². The molecule has 2 aromatic carbocycles. The first-order valence-electron chi connectivity index (χ1n) is 17.0. The number of carbonyl (C=O) groups is 2. The number of aliphatic carboxylic acids is 2. The molecule has 0 aromatic heterocycles. The summed E-state index contributed by atoms with van der Waals surface area (Å²) >= 11 is 0. The van der Waals surface area contributed by atoms with Crippen molar-refractivity contribution in [2.45, 2.75) is 64.5 Å². The summed E-state index contributed by atoms with van der Waals surface area (Å²) in [5.41, 5.74) is 2.47. The summed E-state index contributed by atoms with van der Waals surface area (Å²) in [7, 11) is 12.1. The van der Waals surface area contributed by atoms with Gasteiger partial charge in [-0.3, -0.25) is 0 Å². The Bertz CT molecular complexity index is 1030. The first kappa shape index (κ1) is 43.5. The van der Waals surface area contributed by atoms with Gasteiger partial charge in [-0.15, -0.1) is 0 Å². The van der Waals surface area contributed by atoms with Gasteiger partial charge >= 0.3 is 11.9 Å². The molecule has 12 heteroatoms. The van der Waals surface area contributed by atoms with E-state index < -0.39 is 11.9 Å². The monoisotopic (exact) mass is 708 g/mol. The van der Waals surface area contributed by atoms with Crippen LogP contribution in [0.1, 0.15) is 62.5 Å². The van der Waals surface area contributed by atoms with E-state index >= 15 is 0 Å². The molecule has 0 atom stereocenters. The zero-order chi connectivity index (χ0) is 35.2. The van der Waals surface area contributed by atoms with E-state index in [4.69, 9.17) is 29.3 Å². The first-order valence-corrected chi connectivity index (χ1v) is 19.5. The van der Waals surface area contributed by atoms with E-state index in [1.54, 1.807) is 14.2 Å². The zero-order valence-electron chi connectivity index (χ0n) is 29.6. The minimum atomic E-state index is -1.82. The van der Waals surface area contributed by atoms with Crippen molar-refractivity contribution in [3.05, 3.63) is 59.7 Å². The molecule has 0 saturated carbocycles. The molecule has 0 spiro atoms. The third kappa shape index (κ3) is 23.0. The van der Waals surface area contributed by atoms with Crippen molar-refractivity contribution >= 4 is 33.5 Å². The molecule has 272 valence electrons. The van der Waals surface area contributed by atoms with E-state index in [0.29, 0.717) is 0 Å². The summed E-state index contributed by atoms with van der Waals surface area (Å²) in [6.07, 6.45) is 10.3. The lowest BCUT2D eigenvalue weighted by Crippen LogP contribution is -2.23. The van der Waals surface area contributed by atoms with Gasteiger partial charge in [0.25, 0.3) is 0 Å². The second-order valence-electron chi connectivity index (χ2n) is 11.7. The highest BCUT2D eigenvalue weighted by molar-refractivity contribution is 8.76. The van der Waals surface area contributed by atoms with Crippen LogP contribution in [0.5, 0.6) is 11.5 Å². The van der Waals surface area contributed by atoms with Crippen molar-refractivity contribution in [2.24, 2.45) is 0 Å². The second-order valence-corrected chi connectivity index (χ2v) is 14.4. The number of benzene rings is 2. The fourth-order valence-electron chi connectivity index (χ4n) is 4.84. The molecule has 0 aliphatic heterocycles. The fraction of sp³-hybridized carbons (Fsp3) is 0.611. The van der Waals surface area contributed by atoms with Crippen LogP contribution >= 0.6 is 21.6 Å². The van der Waals surface area contributed by atoms with Gasteiger partial charge in [0.1, 0.15) is 11.5 Å². The van der Waals surface area contributed by atoms with E-state index in [-0.39, 0.29) is 0 Å². The summed E-state index contributed by atoms with van der Waals surface area (Å²) in [6.45, 7) is 8.68. The van der Waals surface area contributed by atoms with Crippen molar-refractivity contribution in [3.63, 3.8) is 0 Å². The Labute approximate surface area is 297 Å².